The first-order chi connectivity index (χ1) is 28.1. The summed E-state index contributed by atoms with van der Waals surface area (Å²) < 4.78 is 62.3. The van der Waals surface area contributed by atoms with E-state index >= 15 is 4.39 Å². The quantitative estimate of drug-likeness (QED) is 0.147. The van der Waals surface area contributed by atoms with Gasteiger partial charge in [-0.15, -0.1) is 0 Å². The second-order valence-electron chi connectivity index (χ2n) is 15.1. The lowest BCUT2D eigenvalue weighted by atomic mass is 9.88. The number of benzene rings is 2. The van der Waals surface area contributed by atoms with Crippen LogP contribution in [0, 0.1) is 5.82 Å². The summed E-state index contributed by atoms with van der Waals surface area (Å²) >= 11 is 0. The van der Waals surface area contributed by atoms with Gasteiger partial charge >= 0.3 is 12.2 Å². The molecular formula is C39H38F4N12O4. The van der Waals surface area contributed by atoms with Crippen LogP contribution in [0.5, 0.6) is 0 Å². The Morgan fingerprint density at radius 2 is 1.78 bits per heavy atom. The molecule has 0 atom stereocenters. The van der Waals surface area contributed by atoms with Crippen molar-refractivity contribution in [2.75, 3.05) is 24.5 Å². The molecule has 306 valence electrons. The van der Waals surface area contributed by atoms with Crippen LogP contribution >= 0.6 is 0 Å². The number of aromatic amines is 1. The number of H-pyrrole nitrogens is 1. The molecular weight excluding hydrogens is 777 g/mol. The molecule has 2 aliphatic heterocycles. The van der Waals surface area contributed by atoms with E-state index in [1.165, 1.54) is 35.0 Å². The van der Waals surface area contributed by atoms with Crippen LogP contribution in [0.3, 0.4) is 0 Å². The maximum Gasteiger partial charge on any atom is 0.401 e. The third-order valence-electron chi connectivity index (χ3n) is 10.8. The SMILES string of the molecule is Cn1nc(N2CCC(=O)NC2=O)c2ccc(C3CCN(Cc4ccc(-c5cnc(-c6cc(C(=O)NCc7nc(C(C)(C)C(F)(F)F)n[nH]7)on6)nc5)c(F)c4)CC3)cc21. The fourth-order valence-electron chi connectivity index (χ4n) is 7.17. The Balaban J connectivity index is 0.843. The van der Waals surface area contributed by atoms with Gasteiger partial charge in [-0.3, -0.25) is 34.5 Å². The van der Waals surface area contributed by atoms with E-state index in [0.717, 1.165) is 56.2 Å². The molecule has 2 saturated heterocycles. The maximum atomic E-state index is 15.5. The Kier molecular flexibility index (Phi) is 10.2. The molecule has 8 rings (SSSR count). The lowest BCUT2D eigenvalue weighted by Gasteiger charge is -2.32. The van der Waals surface area contributed by atoms with Gasteiger partial charge < -0.3 is 9.84 Å². The summed E-state index contributed by atoms with van der Waals surface area (Å²) in [6.07, 6.45) is 0.388. The Labute approximate surface area is 333 Å². The topological polar surface area (TPSA) is 193 Å². The van der Waals surface area contributed by atoms with Gasteiger partial charge in [-0.05, 0) is 75.0 Å². The van der Waals surface area contributed by atoms with E-state index in [2.05, 4.69) is 63.1 Å². The number of fused-ring (bicyclic) bond motifs is 1. The normalized spacial score (nSPS) is 15.9. The molecule has 0 bridgehead atoms. The average molecular weight is 815 g/mol. The Morgan fingerprint density at radius 3 is 2.49 bits per heavy atom. The molecule has 6 aromatic rings. The zero-order valence-electron chi connectivity index (χ0n) is 32.1. The first-order valence-electron chi connectivity index (χ1n) is 18.8. The van der Waals surface area contributed by atoms with Crippen LogP contribution in [-0.2, 0) is 30.3 Å². The number of aromatic nitrogens is 8. The molecule has 6 heterocycles. The number of imide groups is 1. The number of urea groups is 1. The van der Waals surface area contributed by atoms with Crippen molar-refractivity contribution in [3.63, 3.8) is 0 Å². The molecule has 2 aliphatic rings. The molecule has 0 saturated carbocycles. The third kappa shape index (κ3) is 7.86. The molecule has 59 heavy (non-hydrogen) atoms. The number of amides is 4. The highest BCUT2D eigenvalue weighted by Gasteiger charge is 2.51. The van der Waals surface area contributed by atoms with E-state index in [1.54, 1.807) is 10.7 Å². The zero-order valence-corrected chi connectivity index (χ0v) is 32.1. The van der Waals surface area contributed by atoms with Gasteiger partial charge in [-0.25, -0.2) is 24.1 Å². The van der Waals surface area contributed by atoms with Gasteiger partial charge in [0.2, 0.25) is 11.7 Å². The van der Waals surface area contributed by atoms with E-state index in [0.29, 0.717) is 29.4 Å². The van der Waals surface area contributed by atoms with Gasteiger partial charge in [0.1, 0.15) is 17.1 Å². The van der Waals surface area contributed by atoms with Crippen molar-refractivity contribution in [2.45, 2.75) is 63.7 Å². The number of nitrogens with one attached hydrogen (secondary N) is 3. The fraction of sp³-hybridized carbons (Fsp3) is 0.359. The minimum atomic E-state index is -4.57. The van der Waals surface area contributed by atoms with E-state index in [4.69, 9.17) is 4.52 Å². The van der Waals surface area contributed by atoms with Gasteiger partial charge in [0, 0.05) is 61.5 Å². The van der Waals surface area contributed by atoms with E-state index in [1.807, 2.05) is 19.2 Å². The second-order valence-corrected chi connectivity index (χ2v) is 15.1. The van der Waals surface area contributed by atoms with Crippen LogP contribution in [0.15, 0.2) is 59.4 Å². The van der Waals surface area contributed by atoms with Gasteiger partial charge in [-0.1, -0.05) is 23.4 Å². The van der Waals surface area contributed by atoms with Gasteiger partial charge in [0.25, 0.3) is 5.91 Å². The number of anilines is 1. The first kappa shape index (κ1) is 39.3. The number of rotatable bonds is 10. The summed E-state index contributed by atoms with van der Waals surface area (Å²) in [6, 6.07) is 12.1. The van der Waals surface area contributed by atoms with Crippen molar-refractivity contribution in [3.05, 3.63) is 89.2 Å². The number of alkyl halides is 3. The summed E-state index contributed by atoms with van der Waals surface area (Å²) in [5, 5.41) is 20.2. The molecule has 3 N–H and O–H groups in total. The predicted octanol–water partition coefficient (Wildman–Crippen LogP) is 5.54. The average Bonchev–Trinajstić information content (AvgIpc) is 3.97. The number of hydrogen-bond acceptors (Lipinski definition) is 11. The Bertz CT molecular complexity index is 2560. The van der Waals surface area contributed by atoms with E-state index in [-0.39, 0.29) is 48.5 Å². The monoisotopic (exact) mass is 814 g/mol. The minimum absolute atomic E-state index is 0.0194. The summed E-state index contributed by atoms with van der Waals surface area (Å²) in [5.41, 5.74) is 1.54. The van der Waals surface area contributed by atoms with Crippen molar-refractivity contribution in [1.29, 1.82) is 0 Å². The number of nitrogens with zero attached hydrogens (tertiary/aromatic N) is 9. The molecule has 4 aromatic heterocycles. The van der Waals surface area contributed by atoms with Gasteiger partial charge in [0.05, 0.1) is 12.1 Å². The number of carbonyl (C=O) groups is 3. The van der Waals surface area contributed by atoms with Gasteiger partial charge in [0.15, 0.2) is 23.2 Å². The maximum absolute atomic E-state index is 15.5. The van der Waals surface area contributed by atoms with Crippen LogP contribution in [0.2, 0.25) is 0 Å². The van der Waals surface area contributed by atoms with Crippen molar-refractivity contribution < 1.29 is 36.5 Å². The molecule has 2 aromatic carbocycles. The second kappa shape index (κ2) is 15.3. The summed E-state index contributed by atoms with van der Waals surface area (Å²) in [7, 11) is 1.84. The Morgan fingerprint density at radius 1 is 1.02 bits per heavy atom. The Hall–Kier alpha value is -6.57. The first-order valence-corrected chi connectivity index (χ1v) is 18.8. The van der Waals surface area contributed by atoms with Crippen LogP contribution in [0.25, 0.3) is 33.5 Å². The highest BCUT2D eigenvalue weighted by atomic mass is 19.4. The lowest BCUT2D eigenvalue weighted by Crippen LogP contribution is -2.49. The highest BCUT2D eigenvalue weighted by molar-refractivity contribution is 6.08. The molecule has 20 heteroatoms. The number of carbonyl (C=O) groups excluding carboxylic acids is 3. The molecule has 4 amide bonds. The molecule has 2 fully saturated rings. The molecule has 0 radical (unpaired) electrons. The van der Waals surface area contributed by atoms with E-state index < -0.39 is 35.2 Å². The van der Waals surface area contributed by atoms with Crippen molar-refractivity contribution in [2.24, 2.45) is 7.05 Å². The van der Waals surface area contributed by atoms with Gasteiger partial charge in [-0.2, -0.15) is 23.4 Å². The van der Waals surface area contributed by atoms with Crippen molar-refractivity contribution in [1.82, 2.24) is 55.6 Å². The lowest BCUT2D eigenvalue weighted by molar-refractivity contribution is -0.182. The molecule has 16 nitrogen and oxygen atoms in total. The fourth-order valence-corrected chi connectivity index (χ4v) is 7.17. The van der Waals surface area contributed by atoms with Crippen molar-refractivity contribution >= 4 is 34.6 Å². The third-order valence-corrected chi connectivity index (χ3v) is 10.8. The summed E-state index contributed by atoms with van der Waals surface area (Å²) in [4.78, 5) is 53.0. The molecule has 0 aliphatic carbocycles. The van der Waals surface area contributed by atoms with Crippen molar-refractivity contribution in [3.8, 4) is 22.6 Å². The number of piperidine rings is 1. The number of hydrogen-bond donors (Lipinski definition) is 3. The molecule has 0 spiro atoms. The minimum Gasteiger partial charge on any atom is -0.350 e. The van der Waals surface area contributed by atoms with Crippen LogP contribution in [0.1, 0.15) is 72.4 Å². The summed E-state index contributed by atoms with van der Waals surface area (Å²) in [5.74, 6) is -1.06. The van der Waals surface area contributed by atoms with E-state index in [9.17, 15) is 27.6 Å². The molecule has 0 unspecified atom stereocenters. The number of likely N-dealkylation sites (tertiary alicyclic amines) is 1. The zero-order chi connectivity index (χ0) is 41.6. The largest absolute Gasteiger partial charge is 0.401 e. The summed E-state index contributed by atoms with van der Waals surface area (Å²) in [6.45, 7) is 4.20. The standard InChI is InChI=1S/C39H38F4N12O4/c1-38(2,39(41,42)43)36-47-31(49-50-36)19-46-35(57)30-16-28(52-59-30)33-44-17-24(18-45-33)25-6-4-21(14-27(25)40)20-54-11-8-22(9-12-54)23-5-7-26-29(15-23)53(3)51-34(26)55-13-10-32(56)48-37(55)58/h4-7,14-18,22H,8-13,19-20H2,1-3H3,(H,46,57)(H,47,49,50)(H,48,56,58). The van der Waals surface area contributed by atoms with Crippen LogP contribution < -0.4 is 15.5 Å². The van der Waals surface area contributed by atoms with Crippen LogP contribution in [-0.4, -0.2) is 88.6 Å². The smallest absolute Gasteiger partial charge is 0.350 e. The number of aryl methyl sites for hydroxylation is 1. The van der Waals surface area contributed by atoms with Crippen LogP contribution in [0.4, 0.5) is 28.2 Å². The highest BCUT2D eigenvalue weighted by Crippen LogP contribution is 2.39. The predicted molar refractivity (Wildman–Crippen MR) is 203 cm³/mol. The number of halogens is 4.